The molecule has 2 aromatic heterocycles. The van der Waals surface area contributed by atoms with Gasteiger partial charge in [0, 0.05) is 26.7 Å². The van der Waals surface area contributed by atoms with Gasteiger partial charge in [-0.3, -0.25) is 18.8 Å². The molecule has 0 bridgehead atoms. The summed E-state index contributed by atoms with van der Waals surface area (Å²) in [6.45, 7) is 6.95. The first-order valence-corrected chi connectivity index (χ1v) is 9.34. The Morgan fingerprint density at radius 2 is 1.92 bits per heavy atom. The van der Waals surface area contributed by atoms with Crippen molar-refractivity contribution in [2.45, 2.75) is 65.1 Å². The summed E-state index contributed by atoms with van der Waals surface area (Å²) >= 11 is 0. The Labute approximate surface area is 147 Å². The first-order valence-electron chi connectivity index (χ1n) is 9.34. The van der Waals surface area contributed by atoms with Crippen LogP contribution >= 0.6 is 0 Å². The molecule has 0 aromatic carbocycles. The molecule has 3 rings (SSSR count). The molecule has 1 unspecified atom stereocenters. The summed E-state index contributed by atoms with van der Waals surface area (Å²) in [5.41, 5.74) is 0.483. The van der Waals surface area contributed by atoms with Crippen molar-refractivity contribution in [3.8, 4) is 0 Å². The molecule has 7 nitrogen and oxygen atoms in total. The zero-order valence-corrected chi connectivity index (χ0v) is 15.8. The smallest absolute Gasteiger partial charge is 0.321 e. The number of nitrogens with zero attached hydrogens (tertiary/aromatic N) is 5. The second-order valence-electron chi connectivity index (χ2n) is 7.23. The van der Waals surface area contributed by atoms with Crippen LogP contribution < -0.4 is 11.2 Å². The van der Waals surface area contributed by atoms with E-state index in [1.807, 2.05) is 4.57 Å². The van der Waals surface area contributed by atoms with Crippen molar-refractivity contribution in [2.75, 3.05) is 6.54 Å². The number of hydrogen-bond acceptors (Lipinski definition) is 4. The van der Waals surface area contributed by atoms with E-state index >= 15 is 0 Å². The second-order valence-corrected chi connectivity index (χ2v) is 7.23. The summed E-state index contributed by atoms with van der Waals surface area (Å²) in [6, 6.07) is 0.528. The Bertz CT molecular complexity index is 876. The van der Waals surface area contributed by atoms with Crippen molar-refractivity contribution in [2.24, 2.45) is 14.1 Å². The quantitative estimate of drug-likeness (QED) is 0.824. The Morgan fingerprint density at radius 1 is 1.16 bits per heavy atom. The maximum absolute atomic E-state index is 12.7. The van der Waals surface area contributed by atoms with Crippen LogP contribution in [0, 0.1) is 0 Å². The molecule has 0 N–H and O–H groups in total. The lowest BCUT2D eigenvalue weighted by atomic mass is 10.0. The average Bonchev–Trinajstić information content (AvgIpc) is 2.96. The van der Waals surface area contributed by atoms with Crippen molar-refractivity contribution in [1.29, 1.82) is 0 Å². The van der Waals surface area contributed by atoms with E-state index in [9.17, 15) is 9.59 Å². The van der Waals surface area contributed by atoms with Crippen LogP contribution in [-0.2, 0) is 27.2 Å². The van der Waals surface area contributed by atoms with Gasteiger partial charge < -0.3 is 4.57 Å². The van der Waals surface area contributed by atoms with E-state index in [1.54, 1.807) is 7.05 Å². The fourth-order valence-corrected chi connectivity index (χ4v) is 3.74. The third kappa shape index (κ3) is 3.17. The number of aromatic nitrogens is 4. The first kappa shape index (κ1) is 17.9. The van der Waals surface area contributed by atoms with E-state index in [1.165, 1.54) is 35.4 Å². The summed E-state index contributed by atoms with van der Waals surface area (Å²) < 4.78 is 4.71. The standard InChI is InChI=1S/C18H29N5O2/c1-5-6-11-23-14(12-22-10-8-7-9-13(22)2)19-16-15(23)17(24)21(4)18(25)20(16)3/h13H,5-12H2,1-4H3. The Morgan fingerprint density at radius 3 is 2.60 bits per heavy atom. The van der Waals surface area contributed by atoms with Gasteiger partial charge in [-0.25, -0.2) is 9.78 Å². The molecule has 0 spiro atoms. The summed E-state index contributed by atoms with van der Waals surface area (Å²) in [7, 11) is 3.22. The van der Waals surface area contributed by atoms with Crippen LogP contribution in [0.5, 0.6) is 0 Å². The van der Waals surface area contributed by atoms with Gasteiger partial charge in [0.25, 0.3) is 5.56 Å². The molecule has 0 saturated carbocycles. The number of aryl methyl sites for hydroxylation is 2. The number of rotatable bonds is 5. The third-order valence-electron chi connectivity index (χ3n) is 5.45. The molecule has 1 aliphatic rings. The molecular weight excluding hydrogens is 318 g/mol. The summed E-state index contributed by atoms with van der Waals surface area (Å²) in [6.07, 6.45) is 5.72. The first-order chi connectivity index (χ1) is 12.0. The van der Waals surface area contributed by atoms with Gasteiger partial charge in [0.05, 0.1) is 6.54 Å². The highest BCUT2D eigenvalue weighted by Gasteiger charge is 2.23. The molecule has 25 heavy (non-hydrogen) atoms. The predicted octanol–water partition coefficient (Wildman–Crippen LogP) is 1.61. The SMILES string of the molecule is CCCCn1c(CN2CCCCC2C)nc2c1c(=O)n(C)c(=O)n2C. The van der Waals surface area contributed by atoms with Gasteiger partial charge in [0.1, 0.15) is 5.82 Å². The predicted molar refractivity (Wildman–Crippen MR) is 98.8 cm³/mol. The van der Waals surface area contributed by atoms with E-state index in [0.29, 0.717) is 17.2 Å². The molecule has 0 aliphatic carbocycles. The summed E-state index contributed by atoms with van der Waals surface area (Å²) in [5, 5.41) is 0. The minimum Gasteiger partial charge on any atom is -0.321 e. The summed E-state index contributed by atoms with van der Waals surface area (Å²) in [4.78, 5) is 32.1. The fraction of sp³-hybridized carbons (Fsp3) is 0.722. The van der Waals surface area contributed by atoms with Crippen LogP contribution in [-0.4, -0.2) is 36.2 Å². The molecule has 1 aliphatic heterocycles. The highest BCUT2D eigenvalue weighted by molar-refractivity contribution is 5.71. The Hall–Kier alpha value is -1.89. The number of imidazole rings is 1. The number of fused-ring (bicyclic) bond motifs is 1. The van der Waals surface area contributed by atoms with Gasteiger partial charge in [0.2, 0.25) is 0 Å². The van der Waals surface area contributed by atoms with Crippen LogP contribution in [0.15, 0.2) is 9.59 Å². The van der Waals surface area contributed by atoms with Crippen molar-refractivity contribution in [3.63, 3.8) is 0 Å². The molecule has 138 valence electrons. The molecule has 1 saturated heterocycles. The van der Waals surface area contributed by atoms with E-state index in [0.717, 1.165) is 38.3 Å². The molecule has 0 radical (unpaired) electrons. The van der Waals surface area contributed by atoms with E-state index in [-0.39, 0.29) is 11.2 Å². The van der Waals surface area contributed by atoms with Crippen molar-refractivity contribution in [3.05, 3.63) is 26.7 Å². The van der Waals surface area contributed by atoms with Gasteiger partial charge >= 0.3 is 5.69 Å². The van der Waals surface area contributed by atoms with E-state index < -0.39 is 0 Å². The van der Waals surface area contributed by atoms with Crippen LogP contribution in [0.3, 0.4) is 0 Å². The van der Waals surface area contributed by atoms with Gasteiger partial charge in [-0.1, -0.05) is 19.8 Å². The average molecular weight is 347 g/mol. The molecule has 1 fully saturated rings. The molecule has 2 aromatic rings. The minimum atomic E-state index is -0.324. The zero-order chi connectivity index (χ0) is 18.1. The number of likely N-dealkylation sites (tertiary alicyclic amines) is 1. The van der Waals surface area contributed by atoms with Crippen molar-refractivity contribution < 1.29 is 0 Å². The van der Waals surface area contributed by atoms with Crippen molar-refractivity contribution >= 4 is 11.2 Å². The topological polar surface area (TPSA) is 65.1 Å². The van der Waals surface area contributed by atoms with E-state index in [2.05, 4.69) is 18.7 Å². The number of piperidine rings is 1. The molecule has 7 heteroatoms. The minimum absolute atomic E-state index is 0.250. The van der Waals surface area contributed by atoms with Crippen molar-refractivity contribution in [1.82, 2.24) is 23.6 Å². The lowest BCUT2D eigenvalue weighted by Gasteiger charge is -2.33. The van der Waals surface area contributed by atoms with Crippen LogP contribution in [0.4, 0.5) is 0 Å². The molecular formula is C18H29N5O2. The molecule has 1 atom stereocenters. The van der Waals surface area contributed by atoms with Crippen LogP contribution in [0.2, 0.25) is 0 Å². The monoisotopic (exact) mass is 347 g/mol. The third-order valence-corrected chi connectivity index (χ3v) is 5.45. The molecule has 0 amide bonds. The van der Waals surface area contributed by atoms with E-state index in [4.69, 9.17) is 4.98 Å². The maximum atomic E-state index is 12.7. The largest absolute Gasteiger partial charge is 0.332 e. The lowest BCUT2D eigenvalue weighted by Crippen LogP contribution is -2.38. The maximum Gasteiger partial charge on any atom is 0.332 e. The lowest BCUT2D eigenvalue weighted by molar-refractivity contribution is 0.147. The van der Waals surface area contributed by atoms with Gasteiger partial charge in [-0.2, -0.15) is 0 Å². The zero-order valence-electron chi connectivity index (χ0n) is 15.8. The van der Waals surface area contributed by atoms with Crippen LogP contribution in [0.25, 0.3) is 11.2 Å². The highest BCUT2D eigenvalue weighted by Crippen LogP contribution is 2.21. The summed E-state index contributed by atoms with van der Waals surface area (Å²) in [5.74, 6) is 0.899. The number of unbranched alkanes of at least 4 members (excludes halogenated alkanes) is 1. The molecule has 3 heterocycles. The highest BCUT2D eigenvalue weighted by atomic mass is 16.2. The second kappa shape index (κ2) is 7.15. The Kier molecular flexibility index (Phi) is 5.13. The van der Waals surface area contributed by atoms with Gasteiger partial charge in [-0.15, -0.1) is 0 Å². The fourth-order valence-electron chi connectivity index (χ4n) is 3.74. The normalized spacial score (nSPS) is 19.0. The van der Waals surface area contributed by atoms with Gasteiger partial charge in [0.15, 0.2) is 11.2 Å². The Balaban J connectivity index is 2.13. The number of hydrogen-bond donors (Lipinski definition) is 0. The van der Waals surface area contributed by atoms with Crippen LogP contribution in [0.1, 0.15) is 51.8 Å². The van der Waals surface area contributed by atoms with Gasteiger partial charge in [-0.05, 0) is 32.7 Å².